The van der Waals surface area contributed by atoms with E-state index in [9.17, 15) is 9.59 Å². The minimum atomic E-state index is -0.775. The van der Waals surface area contributed by atoms with Crippen molar-refractivity contribution in [3.8, 4) is 11.5 Å². The summed E-state index contributed by atoms with van der Waals surface area (Å²) in [6.45, 7) is 4.04. The second-order valence-corrected chi connectivity index (χ2v) is 7.98. The minimum Gasteiger partial charge on any atom is -0.485 e. The molecule has 1 aromatic heterocycles. The molecule has 1 amide bonds. The van der Waals surface area contributed by atoms with Gasteiger partial charge in [0.05, 0.1) is 19.2 Å². The number of carbonyl (C=O) groups excluding carboxylic acids is 2. The van der Waals surface area contributed by atoms with E-state index in [0.29, 0.717) is 28.7 Å². The van der Waals surface area contributed by atoms with Gasteiger partial charge in [0.25, 0.3) is 5.91 Å². The molecule has 9 nitrogen and oxygen atoms in total. The van der Waals surface area contributed by atoms with Crippen LogP contribution in [0.15, 0.2) is 48.5 Å². The van der Waals surface area contributed by atoms with Gasteiger partial charge in [-0.15, -0.1) is 0 Å². The van der Waals surface area contributed by atoms with Crippen LogP contribution in [-0.4, -0.2) is 47.7 Å². The van der Waals surface area contributed by atoms with Crippen LogP contribution in [0.2, 0.25) is 0 Å². The van der Waals surface area contributed by atoms with Crippen LogP contribution in [0, 0.1) is 5.92 Å². The fourth-order valence-corrected chi connectivity index (χ4v) is 3.51. The molecule has 2 heterocycles. The molecule has 4 rings (SSSR count). The van der Waals surface area contributed by atoms with Crippen LogP contribution < -0.4 is 20.1 Å². The third kappa shape index (κ3) is 4.97. The zero-order chi connectivity index (χ0) is 23.4. The molecule has 0 saturated carbocycles. The maximum atomic E-state index is 12.7. The summed E-state index contributed by atoms with van der Waals surface area (Å²) < 4.78 is 16.3. The Morgan fingerprint density at radius 3 is 2.58 bits per heavy atom. The molecule has 2 atom stereocenters. The number of hydrogen-bond donors (Lipinski definition) is 2. The smallest absolute Gasteiger partial charge is 0.328 e. The highest BCUT2D eigenvalue weighted by molar-refractivity contribution is 5.91. The number of esters is 1. The van der Waals surface area contributed by atoms with Crippen LogP contribution in [0.3, 0.4) is 0 Å². The number of rotatable bonds is 7. The van der Waals surface area contributed by atoms with E-state index in [1.165, 1.54) is 7.11 Å². The molecule has 0 spiro atoms. The van der Waals surface area contributed by atoms with Gasteiger partial charge in [-0.2, -0.15) is 0 Å². The van der Waals surface area contributed by atoms with E-state index in [1.54, 1.807) is 12.1 Å². The van der Waals surface area contributed by atoms with Gasteiger partial charge in [-0.05, 0) is 30.2 Å². The normalized spacial score (nSPS) is 15.7. The molecule has 2 aromatic carbocycles. The van der Waals surface area contributed by atoms with E-state index in [2.05, 4.69) is 20.6 Å². The summed E-state index contributed by atoms with van der Waals surface area (Å²) in [7, 11) is 1.36. The fourth-order valence-electron chi connectivity index (χ4n) is 3.51. The van der Waals surface area contributed by atoms with Gasteiger partial charge in [-0.1, -0.05) is 38.1 Å². The van der Waals surface area contributed by atoms with Gasteiger partial charge in [0.15, 0.2) is 17.3 Å². The first kappa shape index (κ1) is 22.3. The lowest BCUT2D eigenvalue weighted by atomic mass is 10.0. The predicted octanol–water partition coefficient (Wildman–Crippen LogP) is 2.70. The highest BCUT2D eigenvalue weighted by atomic mass is 16.6. The summed E-state index contributed by atoms with van der Waals surface area (Å²) >= 11 is 0. The van der Waals surface area contributed by atoms with Crippen molar-refractivity contribution >= 4 is 28.6 Å². The monoisotopic (exact) mass is 450 g/mol. The van der Waals surface area contributed by atoms with Crippen LogP contribution in [0.5, 0.6) is 11.5 Å². The Morgan fingerprint density at radius 2 is 1.82 bits per heavy atom. The zero-order valence-electron chi connectivity index (χ0n) is 18.7. The third-order valence-electron chi connectivity index (χ3n) is 5.29. The summed E-state index contributed by atoms with van der Waals surface area (Å²) in [6.07, 6.45) is -0.775. The van der Waals surface area contributed by atoms with Gasteiger partial charge in [0.1, 0.15) is 18.5 Å². The van der Waals surface area contributed by atoms with E-state index in [4.69, 9.17) is 14.2 Å². The minimum absolute atomic E-state index is 0.0272. The Hall–Kier alpha value is -3.88. The molecule has 2 N–H and O–H groups in total. The molecule has 3 aromatic rings. The second-order valence-electron chi connectivity index (χ2n) is 7.98. The number of benzene rings is 2. The average molecular weight is 450 g/mol. The summed E-state index contributed by atoms with van der Waals surface area (Å²) in [4.78, 5) is 34.1. The lowest BCUT2D eigenvalue weighted by molar-refractivity contribution is -0.142. The number of nitrogens with zero attached hydrogens (tertiary/aromatic N) is 2. The molecule has 1 unspecified atom stereocenters. The number of fused-ring (bicyclic) bond motifs is 2. The molecule has 0 aliphatic carbocycles. The number of carbonyl (C=O) groups is 2. The van der Waals surface area contributed by atoms with E-state index >= 15 is 0 Å². The highest BCUT2D eigenvalue weighted by Crippen LogP contribution is 2.31. The maximum absolute atomic E-state index is 12.7. The Kier molecular flexibility index (Phi) is 6.58. The molecular formula is C24H26N4O5. The van der Waals surface area contributed by atoms with Crippen molar-refractivity contribution in [2.45, 2.75) is 32.5 Å². The maximum Gasteiger partial charge on any atom is 0.328 e. The molecule has 1 aliphatic rings. The molecule has 0 radical (unpaired) electrons. The summed E-state index contributed by atoms with van der Waals surface area (Å²) in [6, 6.07) is 14.1. The standard InChI is InChI=1S/C24H26N4O5/c1-14(2)21(24(30)31-3)28-22-15-8-4-5-9-16(15)26-20(27-22)12-25-23(29)19-13-32-17-10-6-7-11-18(17)33-19/h4-11,14,19,21H,12-13H2,1-3H3,(H,25,29)(H,26,27,28)/t19?,21-/m0/s1. The van der Waals surface area contributed by atoms with Crippen LogP contribution in [0.25, 0.3) is 10.9 Å². The van der Waals surface area contributed by atoms with Crippen LogP contribution in [0.1, 0.15) is 19.7 Å². The fraction of sp³-hybridized carbons (Fsp3) is 0.333. The number of ether oxygens (including phenoxy) is 3. The molecule has 9 heteroatoms. The van der Waals surface area contributed by atoms with E-state index in [1.807, 2.05) is 50.2 Å². The van der Waals surface area contributed by atoms with Gasteiger partial charge in [-0.3, -0.25) is 4.79 Å². The quantitative estimate of drug-likeness (QED) is 0.529. The van der Waals surface area contributed by atoms with Crippen molar-refractivity contribution in [1.29, 1.82) is 0 Å². The topological polar surface area (TPSA) is 112 Å². The predicted molar refractivity (Wildman–Crippen MR) is 122 cm³/mol. The molecular weight excluding hydrogens is 424 g/mol. The van der Waals surface area contributed by atoms with Gasteiger partial charge >= 0.3 is 5.97 Å². The lowest BCUT2D eigenvalue weighted by Gasteiger charge is -2.25. The van der Waals surface area contributed by atoms with Crippen LogP contribution in [-0.2, 0) is 20.9 Å². The average Bonchev–Trinajstić information content (AvgIpc) is 2.84. The Balaban J connectivity index is 1.51. The van der Waals surface area contributed by atoms with Crippen molar-refractivity contribution in [1.82, 2.24) is 15.3 Å². The molecule has 0 bridgehead atoms. The number of nitrogens with one attached hydrogen (secondary N) is 2. The Bertz CT molecular complexity index is 1170. The van der Waals surface area contributed by atoms with Gasteiger partial charge < -0.3 is 24.8 Å². The molecule has 172 valence electrons. The van der Waals surface area contributed by atoms with Crippen LogP contribution >= 0.6 is 0 Å². The zero-order valence-corrected chi connectivity index (χ0v) is 18.7. The number of para-hydroxylation sites is 3. The van der Waals surface area contributed by atoms with Crippen molar-refractivity contribution < 1.29 is 23.8 Å². The number of amides is 1. The van der Waals surface area contributed by atoms with Gasteiger partial charge in [0, 0.05) is 5.39 Å². The lowest BCUT2D eigenvalue weighted by Crippen LogP contribution is -2.43. The first-order chi connectivity index (χ1) is 16.0. The van der Waals surface area contributed by atoms with Gasteiger partial charge in [-0.25, -0.2) is 14.8 Å². The summed E-state index contributed by atoms with van der Waals surface area (Å²) in [5.41, 5.74) is 0.692. The molecule has 0 saturated heterocycles. The van der Waals surface area contributed by atoms with Crippen molar-refractivity contribution in [3.05, 3.63) is 54.4 Å². The number of aromatic nitrogens is 2. The molecule has 0 fully saturated rings. The summed E-state index contributed by atoms with van der Waals surface area (Å²) in [5, 5.41) is 6.77. The van der Waals surface area contributed by atoms with Crippen molar-refractivity contribution in [2.75, 3.05) is 19.0 Å². The Labute approximate surface area is 191 Å². The first-order valence-corrected chi connectivity index (χ1v) is 10.7. The van der Waals surface area contributed by atoms with Gasteiger partial charge in [0.2, 0.25) is 6.10 Å². The SMILES string of the molecule is COC(=O)[C@@H](Nc1nc(CNC(=O)C2COc3ccccc3O2)nc2ccccc12)C(C)C. The largest absolute Gasteiger partial charge is 0.485 e. The van der Waals surface area contributed by atoms with E-state index in [0.717, 1.165) is 5.39 Å². The number of anilines is 1. The molecule has 33 heavy (non-hydrogen) atoms. The number of methoxy groups -OCH3 is 1. The first-order valence-electron chi connectivity index (χ1n) is 10.7. The molecule has 1 aliphatic heterocycles. The highest BCUT2D eigenvalue weighted by Gasteiger charge is 2.28. The number of hydrogen-bond acceptors (Lipinski definition) is 8. The third-order valence-corrected chi connectivity index (χ3v) is 5.29. The summed E-state index contributed by atoms with van der Waals surface area (Å²) in [5.74, 6) is 1.30. The van der Waals surface area contributed by atoms with E-state index < -0.39 is 12.1 Å². The van der Waals surface area contributed by atoms with Crippen molar-refractivity contribution in [2.24, 2.45) is 5.92 Å². The Morgan fingerprint density at radius 1 is 1.09 bits per heavy atom. The second kappa shape index (κ2) is 9.72. The van der Waals surface area contributed by atoms with Crippen LogP contribution in [0.4, 0.5) is 5.82 Å². The van der Waals surface area contributed by atoms with E-state index in [-0.39, 0.29) is 30.9 Å². The van der Waals surface area contributed by atoms with Crippen molar-refractivity contribution in [3.63, 3.8) is 0 Å².